The van der Waals surface area contributed by atoms with Crippen LogP contribution in [0.4, 0.5) is 0 Å². The van der Waals surface area contributed by atoms with Gasteiger partial charge in [-0.15, -0.1) is 11.3 Å². The van der Waals surface area contributed by atoms with Crippen LogP contribution in [-0.2, 0) is 13.6 Å². The van der Waals surface area contributed by atoms with E-state index in [-0.39, 0.29) is 12.5 Å². The van der Waals surface area contributed by atoms with E-state index < -0.39 is 0 Å². The first-order valence-electron chi connectivity index (χ1n) is 6.14. The number of hydrogen-bond donors (Lipinski definition) is 2. The molecule has 0 atom stereocenters. The number of carbonyl (C=O) groups excluding carboxylic acids is 1. The van der Waals surface area contributed by atoms with E-state index in [1.54, 1.807) is 35.3 Å². The van der Waals surface area contributed by atoms with E-state index in [0.717, 1.165) is 10.4 Å². The molecule has 0 fully saturated rings. The number of thiophene rings is 1. The molecule has 2 N–H and O–H groups in total. The Labute approximate surface area is 121 Å². The van der Waals surface area contributed by atoms with E-state index in [4.69, 9.17) is 5.11 Å². The number of rotatable bonds is 4. The van der Waals surface area contributed by atoms with Gasteiger partial charge in [0.15, 0.2) is 0 Å². The lowest BCUT2D eigenvalue weighted by molar-refractivity contribution is 0.0945. The summed E-state index contributed by atoms with van der Waals surface area (Å²) in [7, 11) is 1.77. The zero-order valence-corrected chi connectivity index (χ0v) is 11.9. The first kappa shape index (κ1) is 14.3. The van der Waals surface area contributed by atoms with E-state index >= 15 is 0 Å². The molecule has 0 aliphatic carbocycles. The van der Waals surface area contributed by atoms with Crippen LogP contribution in [-0.4, -0.2) is 27.4 Å². The molecule has 0 bridgehead atoms. The number of aliphatic hydroxyl groups is 1. The van der Waals surface area contributed by atoms with Crippen molar-refractivity contribution in [1.82, 2.24) is 15.1 Å². The number of aromatic nitrogens is 2. The highest BCUT2D eigenvalue weighted by atomic mass is 32.1. The summed E-state index contributed by atoms with van der Waals surface area (Å²) in [4.78, 5) is 12.8. The molecule has 0 aliphatic rings. The molecule has 6 heteroatoms. The van der Waals surface area contributed by atoms with E-state index in [1.807, 2.05) is 11.4 Å². The normalized spacial score (nSPS) is 9.90. The Morgan fingerprint density at radius 3 is 3.15 bits per heavy atom. The highest BCUT2D eigenvalue weighted by Crippen LogP contribution is 2.13. The number of nitrogens with zero attached hydrogens (tertiary/aromatic N) is 2. The van der Waals surface area contributed by atoms with Gasteiger partial charge < -0.3 is 10.4 Å². The molecule has 20 heavy (non-hydrogen) atoms. The molecular formula is C14H15N3O2S. The molecule has 2 aromatic heterocycles. The van der Waals surface area contributed by atoms with Crippen molar-refractivity contribution in [2.45, 2.75) is 13.0 Å². The smallest absolute Gasteiger partial charge is 0.272 e. The first-order valence-corrected chi connectivity index (χ1v) is 7.02. The Morgan fingerprint density at radius 1 is 1.60 bits per heavy atom. The molecular weight excluding hydrogens is 274 g/mol. The van der Waals surface area contributed by atoms with Crippen molar-refractivity contribution in [1.29, 1.82) is 0 Å². The number of amides is 1. The van der Waals surface area contributed by atoms with Crippen molar-refractivity contribution in [2.75, 3.05) is 6.61 Å². The molecule has 0 saturated heterocycles. The van der Waals surface area contributed by atoms with E-state index in [0.29, 0.717) is 18.7 Å². The largest absolute Gasteiger partial charge is 0.395 e. The Kier molecular flexibility index (Phi) is 4.93. The van der Waals surface area contributed by atoms with Gasteiger partial charge in [0.25, 0.3) is 5.91 Å². The maximum Gasteiger partial charge on any atom is 0.272 e. The third-order valence-corrected chi connectivity index (χ3v) is 3.43. The maximum absolute atomic E-state index is 11.8. The summed E-state index contributed by atoms with van der Waals surface area (Å²) in [6, 6.07) is 3.61. The summed E-state index contributed by atoms with van der Waals surface area (Å²) in [5, 5.41) is 17.4. The van der Waals surface area contributed by atoms with Gasteiger partial charge in [0.2, 0.25) is 0 Å². The number of carbonyl (C=O) groups is 1. The predicted octanol–water partition coefficient (Wildman–Crippen LogP) is 1.15. The molecule has 0 spiro atoms. The quantitative estimate of drug-likeness (QED) is 0.830. The molecule has 2 aromatic rings. The average molecular weight is 289 g/mol. The average Bonchev–Trinajstić information content (AvgIpc) is 3.05. The summed E-state index contributed by atoms with van der Waals surface area (Å²) in [6.45, 7) is 0.534. The minimum Gasteiger partial charge on any atom is -0.395 e. The molecule has 5 nitrogen and oxygen atoms in total. The fourth-order valence-corrected chi connectivity index (χ4v) is 2.31. The third-order valence-electron chi connectivity index (χ3n) is 2.49. The van der Waals surface area contributed by atoms with Gasteiger partial charge in [0, 0.05) is 35.5 Å². The number of nitrogens with one attached hydrogen (secondary N) is 1. The van der Waals surface area contributed by atoms with Crippen molar-refractivity contribution in [2.24, 2.45) is 7.05 Å². The van der Waals surface area contributed by atoms with Gasteiger partial charge in [-0.2, -0.15) is 5.10 Å². The van der Waals surface area contributed by atoms with E-state index in [1.165, 1.54) is 0 Å². The Hall–Kier alpha value is -2.10. The van der Waals surface area contributed by atoms with Crippen molar-refractivity contribution in [3.05, 3.63) is 39.8 Å². The molecule has 0 unspecified atom stereocenters. The molecule has 104 valence electrons. The summed E-state index contributed by atoms with van der Waals surface area (Å²) in [6.07, 6.45) is 2.20. The van der Waals surface area contributed by atoms with Crippen molar-refractivity contribution >= 4 is 17.2 Å². The summed E-state index contributed by atoms with van der Waals surface area (Å²) in [5.41, 5.74) is 1.32. The van der Waals surface area contributed by atoms with Crippen LogP contribution in [0.3, 0.4) is 0 Å². The lowest BCUT2D eigenvalue weighted by atomic mass is 10.3. The Balaban J connectivity index is 1.88. The molecule has 2 heterocycles. The second kappa shape index (κ2) is 6.89. The van der Waals surface area contributed by atoms with Crippen LogP contribution in [0.15, 0.2) is 23.7 Å². The molecule has 0 radical (unpaired) electrons. The molecule has 0 aliphatic heterocycles. The minimum atomic E-state index is -0.188. The second-order valence-corrected chi connectivity index (χ2v) is 5.13. The van der Waals surface area contributed by atoms with Crippen LogP contribution in [0.1, 0.15) is 27.3 Å². The van der Waals surface area contributed by atoms with Crippen LogP contribution < -0.4 is 5.32 Å². The topological polar surface area (TPSA) is 67.2 Å². The van der Waals surface area contributed by atoms with Gasteiger partial charge in [-0.05, 0) is 12.1 Å². The van der Waals surface area contributed by atoms with Gasteiger partial charge in [-0.25, -0.2) is 0 Å². The second-order valence-electron chi connectivity index (χ2n) is 4.13. The molecule has 0 aromatic carbocycles. The summed E-state index contributed by atoms with van der Waals surface area (Å²) >= 11 is 1.54. The first-order chi connectivity index (χ1) is 9.69. The lowest BCUT2D eigenvalue weighted by Gasteiger charge is -2.00. The monoisotopic (exact) mass is 289 g/mol. The van der Waals surface area contributed by atoms with Crippen LogP contribution in [0.25, 0.3) is 0 Å². The zero-order valence-electron chi connectivity index (χ0n) is 11.1. The lowest BCUT2D eigenvalue weighted by Crippen LogP contribution is -2.22. The Bertz CT molecular complexity index is 649. The number of aryl methyl sites for hydroxylation is 1. The van der Waals surface area contributed by atoms with Crippen LogP contribution in [0.5, 0.6) is 0 Å². The standard InChI is InChI=1S/C14H15N3O2S/c1-17-6-5-13(16-17)14(19)15-9-12-8-11(10-20-12)4-2-3-7-18/h5-6,8,10,18H,3,7,9H2,1H3,(H,15,19). The van der Waals surface area contributed by atoms with Crippen molar-refractivity contribution in [3.63, 3.8) is 0 Å². The van der Waals surface area contributed by atoms with Gasteiger partial charge in [-0.3, -0.25) is 9.48 Å². The minimum absolute atomic E-state index is 0.0735. The number of aliphatic hydroxyl groups excluding tert-OH is 1. The van der Waals surface area contributed by atoms with Crippen molar-refractivity contribution < 1.29 is 9.90 Å². The van der Waals surface area contributed by atoms with Crippen molar-refractivity contribution in [3.8, 4) is 11.8 Å². The van der Waals surface area contributed by atoms with Crippen LogP contribution >= 0.6 is 11.3 Å². The Morgan fingerprint density at radius 2 is 2.45 bits per heavy atom. The highest BCUT2D eigenvalue weighted by Gasteiger charge is 2.08. The predicted molar refractivity (Wildman–Crippen MR) is 77.3 cm³/mol. The molecule has 1 amide bonds. The van der Waals surface area contributed by atoms with Crippen LogP contribution in [0, 0.1) is 11.8 Å². The summed E-state index contributed by atoms with van der Waals surface area (Å²) < 4.78 is 1.59. The SMILES string of the molecule is Cn1ccc(C(=O)NCc2cc(C#CCCO)cs2)n1. The van der Waals surface area contributed by atoms with Gasteiger partial charge in [-0.1, -0.05) is 11.8 Å². The van der Waals surface area contributed by atoms with E-state index in [2.05, 4.69) is 22.3 Å². The summed E-state index contributed by atoms with van der Waals surface area (Å²) in [5.74, 6) is 5.64. The van der Waals surface area contributed by atoms with Crippen LogP contribution in [0.2, 0.25) is 0 Å². The highest BCUT2D eigenvalue weighted by molar-refractivity contribution is 7.10. The molecule has 2 rings (SSSR count). The van der Waals surface area contributed by atoms with Gasteiger partial charge in [0.05, 0.1) is 13.2 Å². The third kappa shape index (κ3) is 3.95. The fourth-order valence-electron chi connectivity index (χ4n) is 1.55. The zero-order chi connectivity index (χ0) is 14.4. The maximum atomic E-state index is 11.8. The fraction of sp³-hybridized carbons (Fsp3) is 0.286. The van der Waals surface area contributed by atoms with Gasteiger partial charge >= 0.3 is 0 Å². The molecule has 0 saturated carbocycles. The van der Waals surface area contributed by atoms with Gasteiger partial charge in [0.1, 0.15) is 5.69 Å². The van der Waals surface area contributed by atoms with E-state index in [9.17, 15) is 4.79 Å². The number of hydrogen-bond acceptors (Lipinski definition) is 4.